The fourth-order valence-electron chi connectivity index (χ4n) is 17.5. The molecule has 2 aromatic heterocycles. The number of carbonyl (C=O) groups excluding carboxylic acids is 12. The van der Waals surface area contributed by atoms with Crippen LogP contribution < -0.4 is 34.0 Å². The SMILES string of the molecule is C[C@@H](c1ccccc1)N(CC(=O)N(CCCCN)CC(=O)N(CC(=O)N(CC(=O)N(CCCCN)CC(=O)N(CC(=O)N(CC(=O)N(CCCCN)CC(=O)N(CCc1c[nH]c2ccccc12)CC(=O)N(CCc1c[nH]c2ccccc12)CC(N)=O)[C@@H](C)c1ccccc1)[C@@H](C)c1ccccc1)[C@@H](C)c1ccccc1)[C@@H](C)c1ccccc1)C(=O)CN(C(=O)CNCCCCN)[C@@H](C)c1ccccc1. The molecule has 31 heteroatoms. The van der Waals surface area contributed by atoms with Gasteiger partial charge in [0.05, 0.1) is 75.5 Å². The quantitative estimate of drug-likeness (QED) is 0.0164. The third-order valence-electron chi connectivity index (χ3n) is 26.0. The van der Waals surface area contributed by atoms with Gasteiger partial charge in [-0.25, -0.2) is 0 Å². The van der Waals surface area contributed by atoms with Crippen LogP contribution in [0.1, 0.15) is 174 Å². The van der Waals surface area contributed by atoms with E-state index in [9.17, 15) is 14.4 Å². The highest BCUT2D eigenvalue weighted by Gasteiger charge is 2.39. The Morgan fingerprint density at radius 1 is 0.259 bits per heavy atom. The molecule has 10 aromatic rings. The Labute approximate surface area is 817 Å². The molecule has 0 bridgehead atoms. The maximum Gasteiger partial charge on any atom is 0.243 e. The van der Waals surface area contributed by atoms with Crippen molar-refractivity contribution < 1.29 is 57.5 Å². The van der Waals surface area contributed by atoms with E-state index < -0.39 is 173 Å². The molecular formula is C108H141N19O12. The van der Waals surface area contributed by atoms with Gasteiger partial charge in [-0.1, -0.05) is 218 Å². The van der Waals surface area contributed by atoms with Crippen molar-refractivity contribution in [1.82, 2.24) is 69.2 Å². The van der Waals surface area contributed by atoms with E-state index in [0.29, 0.717) is 92.3 Å². The Hall–Kier alpha value is -13.7. The van der Waals surface area contributed by atoms with Gasteiger partial charge in [0.2, 0.25) is 70.9 Å². The normalized spacial score (nSPS) is 12.5. The van der Waals surface area contributed by atoms with Gasteiger partial charge in [-0.05, 0) is 195 Å². The summed E-state index contributed by atoms with van der Waals surface area (Å²) in [6.07, 6.45) is 8.22. The van der Waals surface area contributed by atoms with Crippen LogP contribution in [-0.4, -0.2) is 279 Å². The fraction of sp³-hybridized carbons (Fsp3) is 0.407. The average Bonchev–Trinajstić information content (AvgIpc) is 1.74. The molecule has 0 unspecified atom stereocenters. The molecule has 12 amide bonds. The first-order valence-electron chi connectivity index (χ1n) is 48.6. The van der Waals surface area contributed by atoms with Crippen LogP contribution in [0.3, 0.4) is 0 Å². The van der Waals surface area contributed by atoms with Crippen LogP contribution in [0.15, 0.2) is 243 Å². The number of nitrogens with one attached hydrogen (secondary N) is 3. The number of aromatic amines is 2. The van der Waals surface area contributed by atoms with Gasteiger partial charge >= 0.3 is 0 Å². The first kappa shape index (κ1) is 107. The lowest BCUT2D eigenvalue weighted by atomic mass is 10.0. The Morgan fingerprint density at radius 3 is 0.763 bits per heavy atom. The Morgan fingerprint density at radius 2 is 0.482 bits per heavy atom. The molecule has 0 spiro atoms. The molecular weight excluding hydrogens is 1760 g/mol. The van der Waals surface area contributed by atoms with Crippen molar-refractivity contribution in [2.45, 2.75) is 142 Å². The fourth-order valence-corrected chi connectivity index (χ4v) is 17.5. The van der Waals surface area contributed by atoms with E-state index in [1.807, 2.05) is 208 Å². The molecule has 740 valence electrons. The third-order valence-corrected chi connectivity index (χ3v) is 26.0. The number of nitrogens with two attached hydrogens (primary N) is 5. The van der Waals surface area contributed by atoms with Gasteiger partial charge in [-0.15, -0.1) is 0 Å². The number of unbranched alkanes of at least 4 members (excludes halogenated alkanes) is 4. The predicted molar refractivity (Wildman–Crippen MR) is 542 cm³/mol. The van der Waals surface area contributed by atoms with E-state index >= 15 is 43.2 Å². The highest BCUT2D eigenvalue weighted by Crippen LogP contribution is 2.31. The van der Waals surface area contributed by atoms with Crippen LogP contribution in [0.2, 0.25) is 0 Å². The van der Waals surface area contributed by atoms with E-state index in [1.54, 1.807) is 76.2 Å². The molecule has 2 heterocycles. The van der Waals surface area contributed by atoms with Crippen LogP contribution in [-0.2, 0) is 70.4 Å². The second-order valence-electron chi connectivity index (χ2n) is 35.6. The highest BCUT2D eigenvalue weighted by atomic mass is 16.2. The van der Waals surface area contributed by atoms with Crippen LogP contribution in [0, 0.1) is 0 Å². The molecule has 0 aliphatic rings. The summed E-state index contributed by atoms with van der Waals surface area (Å²) in [4.78, 5) is 206. The maximum absolute atomic E-state index is 16.1. The van der Waals surface area contributed by atoms with Gasteiger partial charge < -0.3 is 97.9 Å². The third kappa shape index (κ3) is 31.7. The molecule has 0 aliphatic carbocycles. The van der Waals surface area contributed by atoms with Crippen molar-refractivity contribution in [3.05, 3.63) is 287 Å². The number of rotatable bonds is 58. The molecule has 10 rings (SSSR count). The summed E-state index contributed by atoms with van der Waals surface area (Å²) in [6.45, 7) is 6.53. The van der Waals surface area contributed by atoms with E-state index in [-0.39, 0.29) is 64.8 Å². The van der Waals surface area contributed by atoms with Gasteiger partial charge in [0.25, 0.3) is 0 Å². The zero-order valence-corrected chi connectivity index (χ0v) is 81.4. The molecule has 0 fully saturated rings. The van der Waals surface area contributed by atoms with Crippen LogP contribution in [0.4, 0.5) is 0 Å². The van der Waals surface area contributed by atoms with Crippen molar-refractivity contribution in [3.63, 3.8) is 0 Å². The minimum Gasteiger partial charge on any atom is -0.368 e. The number of para-hydroxylation sites is 2. The first-order valence-corrected chi connectivity index (χ1v) is 48.6. The number of benzene rings is 8. The number of fused-ring (bicyclic) bond motifs is 2. The average molecular weight is 1900 g/mol. The maximum atomic E-state index is 16.1. The molecule has 0 saturated heterocycles. The number of hydrogen-bond donors (Lipinski definition) is 8. The summed E-state index contributed by atoms with van der Waals surface area (Å²) in [5.74, 6) is -7.28. The van der Waals surface area contributed by atoms with Gasteiger partial charge in [0.15, 0.2) is 0 Å². The number of amides is 12. The molecule has 8 aromatic carbocycles. The lowest BCUT2D eigenvalue weighted by molar-refractivity contribution is -0.152. The van der Waals surface area contributed by atoms with E-state index in [4.69, 9.17) is 28.7 Å². The predicted octanol–water partition coefficient (Wildman–Crippen LogP) is 10.1. The van der Waals surface area contributed by atoms with Crippen molar-refractivity contribution in [2.24, 2.45) is 28.7 Å². The lowest BCUT2D eigenvalue weighted by Gasteiger charge is -2.38. The summed E-state index contributed by atoms with van der Waals surface area (Å²) >= 11 is 0. The summed E-state index contributed by atoms with van der Waals surface area (Å²) in [5.41, 5.74) is 37.6. The monoisotopic (exact) mass is 1900 g/mol. The summed E-state index contributed by atoms with van der Waals surface area (Å²) in [6, 6.07) is 65.5. The van der Waals surface area contributed by atoms with Crippen molar-refractivity contribution >= 4 is 92.7 Å². The van der Waals surface area contributed by atoms with E-state index in [1.165, 1.54) is 53.9 Å². The molecule has 0 aliphatic heterocycles. The second kappa shape index (κ2) is 55.6. The van der Waals surface area contributed by atoms with E-state index in [0.717, 1.165) is 51.3 Å². The molecule has 31 nitrogen and oxygen atoms in total. The van der Waals surface area contributed by atoms with E-state index in [2.05, 4.69) is 15.3 Å². The molecule has 13 N–H and O–H groups in total. The van der Waals surface area contributed by atoms with Crippen molar-refractivity contribution in [2.75, 3.05) is 144 Å². The molecule has 0 radical (unpaired) electrons. The van der Waals surface area contributed by atoms with Crippen LogP contribution in [0.25, 0.3) is 21.8 Å². The minimum absolute atomic E-state index is 0.0156. The number of carbonyl (C=O) groups is 12. The van der Waals surface area contributed by atoms with Crippen molar-refractivity contribution in [1.29, 1.82) is 0 Å². The van der Waals surface area contributed by atoms with Crippen LogP contribution in [0.5, 0.6) is 0 Å². The zero-order chi connectivity index (χ0) is 99.7. The van der Waals surface area contributed by atoms with Gasteiger partial charge in [0, 0.05) is 66.9 Å². The summed E-state index contributed by atoms with van der Waals surface area (Å²) in [7, 11) is 0. The van der Waals surface area contributed by atoms with Crippen molar-refractivity contribution in [3.8, 4) is 0 Å². The topological polar surface area (TPSA) is 414 Å². The smallest absolute Gasteiger partial charge is 0.243 e. The molecule has 139 heavy (non-hydrogen) atoms. The van der Waals surface area contributed by atoms with Gasteiger partial charge in [-0.3, -0.25) is 57.5 Å². The largest absolute Gasteiger partial charge is 0.368 e. The highest BCUT2D eigenvalue weighted by molar-refractivity contribution is 5.96. The van der Waals surface area contributed by atoms with Gasteiger partial charge in [-0.2, -0.15) is 0 Å². The molecule has 0 saturated carbocycles. The number of aromatic nitrogens is 2. The summed E-state index contributed by atoms with van der Waals surface area (Å²) < 4.78 is 0. The standard InChI is InChI=1S/C108H141N19O12/c1-79(85-37-13-7-14-38-85)122(98(129)67-114-59-33-29-55-109)76-106(137)123(80(2)86-39-15-8-16-40-86)74-102(133)118(61-35-31-57-111)71-104(135)127(84(6)90-47-23-12-24-48-90)78-108(139)125(82(4)88-43-19-10-20-44-88)75-103(134)119(62-36-32-58-112)72-105(136)126(83(5)89-45-21-11-22-46-89)77-107(138)124(81(3)87-41-17-9-18-42-87)73-101(132)117(60-34-30-56-110)69-100(131)121(64-54-92-66-116-96-52-28-26-50-94(92)96)70-99(130)120(68-97(113)128)63-53-91-65-115-95-51-27-25-49-93(91)95/h7-28,37-52,65-66,79-84,114-116H,29-36,53-64,67-78,109-112H2,1-6H3,(H2,113,128)/t79-,80-,81-,82-,83-,84-/m0/s1. The Bertz CT molecular complexity index is 5580. The Balaban J connectivity index is 0.936. The Kier molecular flexibility index (Phi) is 42.9. The van der Waals surface area contributed by atoms with Gasteiger partial charge in [0.1, 0.15) is 39.3 Å². The number of hydrogen-bond acceptors (Lipinski definition) is 17. The molecule has 6 atom stereocenters. The minimum atomic E-state index is -0.858. The number of nitrogens with zero attached hydrogens (tertiary/aromatic N) is 11. The second-order valence-corrected chi connectivity index (χ2v) is 35.6. The number of primary amides is 1. The summed E-state index contributed by atoms with van der Waals surface area (Å²) in [5, 5.41) is 5.08. The zero-order valence-electron chi connectivity index (χ0n) is 81.4. The van der Waals surface area contributed by atoms with Crippen LogP contribution >= 0.6 is 0 Å². The number of H-pyrrole nitrogens is 2. The lowest BCUT2D eigenvalue weighted by Crippen LogP contribution is -2.54. The first-order chi connectivity index (χ1) is 67.2.